The van der Waals surface area contributed by atoms with E-state index in [0.717, 1.165) is 25.7 Å². The first-order chi connectivity index (χ1) is 15.5. The number of amides is 1. The smallest absolute Gasteiger partial charge is 0.267 e. The lowest BCUT2D eigenvalue weighted by Crippen LogP contribution is -2.40. The first kappa shape index (κ1) is 22.2. The number of carbonyl (C=O) groups is 1. The monoisotopic (exact) mass is 437 g/mol. The van der Waals surface area contributed by atoms with E-state index in [1.54, 1.807) is 22.9 Å². The van der Waals surface area contributed by atoms with Gasteiger partial charge in [0.15, 0.2) is 0 Å². The van der Waals surface area contributed by atoms with Gasteiger partial charge in [0, 0.05) is 25.4 Å². The highest BCUT2D eigenvalue weighted by atomic mass is 16.5. The minimum absolute atomic E-state index is 0.0718. The second-order valence-corrected chi connectivity index (χ2v) is 8.72. The summed E-state index contributed by atoms with van der Waals surface area (Å²) in [7, 11) is 0. The first-order valence-corrected chi connectivity index (χ1v) is 11.5. The van der Waals surface area contributed by atoms with Crippen LogP contribution in [-0.4, -0.2) is 38.6 Å². The molecule has 1 amide bonds. The molecule has 32 heavy (non-hydrogen) atoms. The van der Waals surface area contributed by atoms with E-state index < -0.39 is 0 Å². The van der Waals surface area contributed by atoms with Gasteiger partial charge < -0.3 is 14.6 Å². The van der Waals surface area contributed by atoms with Crippen LogP contribution >= 0.6 is 0 Å². The summed E-state index contributed by atoms with van der Waals surface area (Å²) in [6.45, 7) is 4.91. The van der Waals surface area contributed by atoms with E-state index in [1.165, 1.54) is 16.9 Å². The summed E-state index contributed by atoms with van der Waals surface area (Å²) < 4.78 is 8.79. The Labute approximate surface area is 186 Å². The zero-order valence-electron chi connectivity index (χ0n) is 18.8. The van der Waals surface area contributed by atoms with E-state index in [2.05, 4.69) is 10.3 Å². The Kier molecular flexibility index (Phi) is 6.69. The zero-order valence-corrected chi connectivity index (χ0v) is 18.8. The summed E-state index contributed by atoms with van der Waals surface area (Å²) in [5, 5.41) is 12.2. The predicted molar refractivity (Wildman–Crippen MR) is 123 cm³/mol. The largest absolute Gasteiger partial charge is 0.379 e. The van der Waals surface area contributed by atoms with Crippen LogP contribution in [0.4, 0.5) is 0 Å². The van der Waals surface area contributed by atoms with E-state index in [0.29, 0.717) is 36.3 Å². The Balaban J connectivity index is 1.79. The van der Waals surface area contributed by atoms with Crippen molar-refractivity contribution in [2.45, 2.75) is 71.1 Å². The van der Waals surface area contributed by atoms with Crippen LogP contribution in [0, 0.1) is 5.41 Å². The molecule has 0 spiro atoms. The van der Waals surface area contributed by atoms with Crippen LogP contribution in [0.5, 0.6) is 0 Å². The summed E-state index contributed by atoms with van der Waals surface area (Å²) in [5.74, 6) is -0.298. The molecule has 170 valence electrons. The Bertz CT molecular complexity index is 1240. The highest BCUT2D eigenvalue weighted by molar-refractivity contribution is 5.97. The molecule has 2 N–H and O–H groups in total. The number of hydrogen-bond donors (Lipinski definition) is 2. The molecule has 4 rings (SSSR count). The number of aryl methyl sites for hydroxylation is 1. The number of nitrogens with zero attached hydrogens (tertiary/aromatic N) is 3. The fraction of sp³-hybridized carbons (Fsp3) is 0.500. The summed E-state index contributed by atoms with van der Waals surface area (Å²) in [4.78, 5) is 31.0. The Morgan fingerprint density at radius 2 is 2.06 bits per heavy atom. The molecule has 0 atom stereocenters. The molecule has 3 aromatic heterocycles. The number of pyridine rings is 2. The van der Waals surface area contributed by atoms with Gasteiger partial charge in [-0.2, -0.15) is 0 Å². The molecule has 1 saturated carbocycles. The van der Waals surface area contributed by atoms with Crippen molar-refractivity contribution >= 4 is 22.6 Å². The molecule has 8 heteroatoms. The molecule has 0 aliphatic heterocycles. The van der Waals surface area contributed by atoms with E-state index in [4.69, 9.17) is 10.1 Å². The SMILES string of the molecule is CC(C)OCCCn1c(=N)c(C(=O)NC2CCCCC2)cc2c(=O)n3ccccc3nc21. The maximum absolute atomic E-state index is 13.2. The highest BCUT2D eigenvalue weighted by Crippen LogP contribution is 2.18. The lowest BCUT2D eigenvalue weighted by atomic mass is 9.95. The van der Waals surface area contributed by atoms with E-state index >= 15 is 0 Å². The van der Waals surface area contributed by atoms with Gasteiger partial charge in [-0.15, -0.1) is 0 Å². The van der Waals surface area contributed by atoms with Crippen LogP contribution in [0.3, 0.4) is 0 Å². The summed E-state index contributed by atoms with van der Waals surface area (Å²) in [6, 6.07) is 7.01. The van der Waals surface area contributed by atoms with Gasteiger partial charge in [0.05, 0.1) is 17.1 Å². The third kappa shape index (κ3) is 4.60. The van der Waals surface area contributed by atoms with Crippen LogP contribution in [0.25, 0.3) is 16.7 Å². The van der Waals surface area contributed by atoms with Crippen molar-refractivity contribution in [3.8, 4) is 0 Å². The van der Waals surface area contributed by atoms with Crippen molar-refractivity contribution in [3.63, 3.8) is 0 Å². The van der Waals surface area contributed by atoms with Crippen molar-refractivity contribution < 1.29 is 9.53 Å². The normalized spacial score (nSPS) is 15.0. The number of fused-ring (bicyclic) bond motifs is 2. The Hall–Kier alpha value is -3.00. The van der Waals surface area contributed by atoms with Gasteiger partial charge in [0.25, 0.3) is 11.5 Å². The molecule has 3 heterocycles. The Morgan fingerprint density at radius 3 is 2.81 bits per heavy atom. The average Bonchev–Trinajstić information content (AvgIpc) is 2.78. The van der Waals surface area contributed by atoms with Crippen molar-refractivity contribution in [2.75, 3.05) is 6.61 Å². The quantitative estimate of drug-likeness (QED) is 0.438. The van der Waals surface area contributed by atoms with Gasteiger partial charge in [-0.3, -0.25) is 19.4 Å². The number of hydrogen-bond acceptors (Lipinski definition) is 5. The lowest BCUT2D eigenvalue weighted by molar-refractivity contribution is 0.0748. The van der Waals surface area contributed by atoms with Gasteiger partial charge in [-0.1, -0.05) is 25.3 Å². The lowest BCUT2D eigenvalue weighted by Gasteiger charge is -2.23. The molecule has 1 aliphatic rings. The van der Waals surface area contributed by atoms with Crippen LogP contribution in [0.15, 0.2) is 35.3 Å². The van der Waals surface area contributed by atoms with Gasteiger partial charge in [-0.25, -0.2) is 4.98 Å². The molecule has 3 aromatic rings. The maximum atomic E-state index is 13.2. The molecule has 0 unspecified atom stereocenters. The number of aromatic nitrogens is 3. The van der Waals surface area contributed by atoms with Gasteiger partial charge >= 0.3 is 0 Å². The molecule has 1 fully saturated rings. The topological polar surface area (TPSA) is 101 Å². The fourth-order valence-corrected chi connectivity index (χ4v) is 4.33. The molecule has 0 saturated heterocycles. The third-order valence-corrected chi connectivity index (χ3v) is 5.98. The molecule has 1 aliphatic carbocycles. The van der Waals surface area contributed by atoms with Gasteiger partial charge in [0.1, 0.15) is 16.8 Å². The zero-order chi connectivity index (χ0) is 22.7. The van der Waals surface area contributed by atoms with Crippen LogP contribution in [-0.2, 0) is 11.3 Å². The number of carbonyl (C=O) groups excluding carboxylic acids is 1. The number of rotatable bonds is 7. The van der Waals surface area contributed by atoms with Gasteiger partial charge in [-0.05, 0) is 51.3 Å². The summed E-state index contributed by atoms with van der Waals surface area (Å²) >= 11 is 0. The molecule has 8 nitrogen and oxygen atoms in total. The number of nitrogens with one attached hydrogen (secondary N) is 2. The van der Waals surface area contributed by atoms with E-state index in [1.807, 2.05) is 19.9 Å². The molecule has 0 aromatic carbocycles. The van der Waals surface area contributed by atoms with Crippen LogP contribution < -0.4 is 16.4 Å². The van der Waals surface area contributed by atoms with Crippen LogP contribution in [0.1, 0.15) is 62.7 Å². The highest BCUT2D eigenvalue weighted by Gasteiger charge is 2.21. The molecular weight excluding hydrogens is 406 g/mol. The minimum atomic E-state index is -0.298. The first-order valence-electron chi connectivity index (χ1n) is 11.5. The van der Waals surface area contributed by atoms with E-state index in [9.17, 15) is 9.59 Å². The standard InChI is InChI=1S/C24H31N5O3/c1-16(2)32-14-8-13-29-21(25)18(23(30)26-17-9-4-3-5-10-17)15-19-22(29)27-20-11-6-7-12-28(20)24(19)31/h6-7,11-12,15-17,25H,3-5,8-10,13-14H2,1-2H3,(H,26,30). The summed E-state index contributed by atoms with van der Waals surface area (Å²) in [6.07, 6.45) is 7.73. The Morgan fingerprint density at radius 1 is 1.28 bits per heavy atom. The van der Waals surface area contributed by atoms with Gasteiger partial charge in [0.2, 0.25) is 0 Å². The molecule has 0 bridgehead atoms. The second kappa shape index (κ2) is 9.65. The number of ether oxygens (including phenoxy) is 1. The third-order valence-electron chi connectivity index (χ3n) is 5.98. The maximum Gasteiger partial charge on any atom is 0.267 e. The van der Waals surface area contributed by atoms with Crippen molar-refractivity contribution in [2.24, 2.45) is 0 Å². The fourth-order valence-electron chi connectivity index (χ4n) is 4.33. The average molecular weight is 438 g/mol. The van der Waals surface area contributed by atoms with Crippen molar-refractivity contribution in [1.29, 1.82) is 5.41 Å². The van der Waals surface area contributed by atoms with E-state index in [-0.39, 0.29) is 34.7 Å². The minimum Gasteiger partial charge on any atom is -0.379 e. The summed E-state index contributed by atoms with van der Waals surface area (Å²) in [5.41, 5.74) is 0.968. The predicted octanol–water partition coefficient (Wildman–Crippen LogP) is 3.01. The molecule has 0 radical (unpaired) electrons. The van der Waals surface area contributed by atoms with Crippen molar-refractivity contribution in [1.82, 2.24) is 19.3 Å². The second-order valence-electron chi connectivity index (χ2n) is 8.72. The van der Waals surface area contributed by atoms with Crippen LogP contribution in [0.2, 0.25) is 0 Å². The van der Waals surface area contributed by atoms with Crippen molar-refractivity contribution in [3.05, 3.63) is 51.9 Å². The molecular formula is C24H31N5O3.